The Balaban J connectivity index is 1.78. The fourth-order valence-corrected chi connectivity index (χ4v) is 5.02. The van der Waals surface area contributed by atoms with Crippen LogP contribution in [0.25, 0.3) is 11.3 Å². The van der Waals surface area contributed by atoms with Gasteiger partial charge in [0.1, 0.15) is 0 Å². The van der Waals surface area contributed by atoms with Crippen molar-refractivity contribution >= 4 is 11.9 Å². The third kappa shape index (κ3) is 5.14. The van der Waals surface area contributed by atoms with Gasteiger partial charge in [0, 0.05) is 35.8 Å². The summed E-state index contributed by atoms with van der Waals surface area (Å²) in [7, 11) is 1.46. The number of aromatic nitrogens is 2. The van der Waals surface area contributed by atoms with Crippen molar-refractivity contribution < 1.29 is 9.53 Å². The summed E-state index contributed by atoms with van der Waals surface area (Å²) in [5.41, 5.74) is 6.15. The van der Waals surface area contributed by atoms with Gasteiger partial charge in [-0.05, 0) is 38.7 Å². The normalized spacial score (nSPS) is 16.8. The summed E-state index contributed by atoms with van der Waals surface area (Å²) in [4.78, 5) is 25.2. The van der Waals surface area contributed by atoms with Gasteiger partial charge in [-0.15, -0.1) is 0 Å². The Morgan fingerprint density at radius 1 is 1.09 bits per heavy atom. The van der Waals surface area contributed by atoms with Crippen molar-refractivity contribution in [3.63, 3.8) is 0 Å². The lowest BCUT2D eigenvalue weighted by molar-refractivity contribution is -0.142. The number of methoxy groups -OCH3 is 1. The van der Waals surface area contributed by atoms with Crippen LogP contribution >= 0.6 is 0 Å². The maximum absolute atomic E-state index is 12.8. The molecule has 1 saturated heterocycles. The fourth-order valence-electron chi connectivity index (χ4n) is 5.02. The van der Waals surface area contributed by atoms with E-state index in [1.165, 1.54) is 24.7 Å². The maximum atomic E-state index is 12.8. The highest BCUT2D eigenvalue weighted by Crippen LogP contribution is 2.36. The van der Waals surface area contributed by atoms with Crippen molar-refractivity contribution in [1.82, 2.24) is 9.97 Å². The van der Waals surface area contributed by atoms with Crippen LogP contribution in [0.3, 0.4) is 0 Å². The number of piperidine rings is 1. The van der Waals surface area contributed by atoms with Crippen LogP contribution in [-0.4, -0.2) is 36.1 Å². The lowest BCUT2D eigenvalue weighted by Gasteiger charge is -2.34. The van der Waals surface area contributed by atoms with E-state index in [9.17, 15) is 4.79 Å². The zero-order valence-electron chi connectivity index (χ0n) is 20.8. The first kappa shape index (κ1) is 23.9. The smallest absolute Gasteiger partial charge is 0.313 e. The standard InChI is InChI=1S/C29H35N3O2/c1-5-10-25(28(33)34-4)26-21(3)30-29(31-27(26)23-16-14-20(2)15-17-23)32-18-9-13-24(19-32)22-11-7-6-8-12-22/h6-8,11-12,14-17,24-25H,5,9-10,13,18-19H2,1-4H3. The molecule has 0 N–H and O–H groups in total. The highest BCUT2D eigenvalue weighted by atomic mass is 16.5. The quantitative estimate of drug-likeness (QED) is 0.395. The minimum atomic E-state index is -0.376. The molecular weight excluding hydrogens is 422 g/mol. The second-order valence-electron chi connectivity index (χ2n) is 9.30. The molecule has 178 valence electrons. The topological polar surface area (TPSA) is 55.3 Å². The molecule has 2 unspecified atom stereocenters. The van der Waals surface area contributed by atoms with Crippen LogP contribution in [0.4, 0.5) is 5.95 Å². The number of aryl methyl sites for hydroxylation is 2. The minimum absolute atomic E-state index is 0.225. The van der Waals surface area contributed by atoms with Gasteiger partial charge in [-0.25, -0.2) is 9.97 Å². The summed E-state index contributed by atoms with van der Waals surface area (Å²) in [5.74, 6) is 0.609. The lowest BCUT2D eigenvalue weighted by Crippen LogP contribution is -2.36. The lowest BCUT2D eigenvalue weighted by atomic mass is 9.89. The number of benzene rings is 2. The molecule has 2 heterocycles. The second kappa shape index (κ2) is 10.8. The van der Waals surface area contributed by atoms with E-state index in [-0.39, 0.29) is 11.9 Å². The van der Waals surface area contributed by atoms with E-state index in [0.717, 1.165) is 54.4 Å². The van der Waals surface area contributed by atoms with Crippen molar-refractivity contribution in [3.8, 4) is 11.3 Å². The Kier molecular flexibility index (Phi) is 7.61. The predicted molar refractivity (Wildman–Crippen MR) is 137 cm³/mol. The van der Waals surface area contributed by atoms with Crippen molar-refractivity contribution in [1.29, 1.82) is 0 Å². The zero-order chi connectivity index (χ0) is 24.1. The first-order valence-corrected chi connectivity index (χ1v) is 12.3. The minimum Gasteiger partial charge on any atom is -0.469 e. The summed E-state index contributed by atoms with van der Waals surface area (Å²) >= 11 is 0. The summed E-state index contributed by atoms with van der Waals surface area (Å²) in [5, 5.41) is 0. The van der Waals surface area contributed by atoms with Crippen LogP contribution in [0.2, 0.25) is 0 Å². The van der Waals surface area contributed by atoms with E-state index >= 15 is 0 Å². The molecule has 2 atom stereocenters. The van der Waals surface area contributed by atoms with Gasteiger partial charge in [0.2, 0.25) is 5.95 Å². The second-order valence-corrected chi connectivity index (χ2v) is 9.30. The number of hydrogen-bond donors (Lipinski definition) is 0. The Bertz CT molecular complexity index is 1110. The highest BCUT2D eigenvalue weighted by molar-refractivity contribution is 5.82. The molecule has 1 aliphatic heterocycles. The number of ether oxygens (including phenoxy) is 1. The molecule has 34 heavy (non-hydrogen) atoms. The van der Waals surface area contributed by atoms with Gasteiger partial charge < -0.3 is 9.64 Å². The summed E-state index contributed by atoms with van der Waals surface area (Å²) < 4.78 is 5.19. The van der Waals surface area contributed by atoms with Crippen LogP contribution in [0.5, 0.6) is 0 Å². The van der Waals surface area contributed by atoms with E-state index in [1.807, 2.05) is 6.92 Å². The molecule has 5 heteroatoms. The van der Waals surface area contributed by atoms with E-state index < -0.39 is 0 Å². The van der Waals surface area contributed by atoms with Crippen molar-refractivity contribution in [2.75, 3.05) is 25.1 Å². The first-order chi connectivity index (χ1) is 16.5. The van der Waals surface area contributed by atoms with Crippen molar-refractivity contribution in [3.05, 3.63) is 77.0 Å². The molecule has 3 aromatic rings. The van der Waals surface area contributed by atoms with Gasteiger partial charge in [0.25, 0.3) is 0 Å². The Hall–Kier alpha value is -3.21. The molecular formula is C29H35N3O2. The molecule has 0 bridgehead atoms. The van der Waals surface area contributed by atoms with Crippen LogP contribution in [-0.2, 0) is 9.53 Å². The van der Waals surface area contributed by atoms with Crippen LogP contribution in [0.15, 0.2) is 54.6 Å². The highest BCUT2D eigenvalue weighted by Gasteiger charge is 2.30. The fraction of sp³-hybridized carbons (Fsp3) is 0.414. The first-order valence-electron chi connectivity index (χ1n) is 12.3. The van der Waals surface area contributed by atoms with Crippen LogP contribution < -0.4 is 4.90 Å². The molecule has 0 amide bonds. The molecule has 1 fully saturated rings. The third-order valence-electron chi connectivity index (χ3n) is 6.84. The van der Waals surface area contributed by atoms with Crippen molar-refractivity contribution in [2.24, 2.45) is 0 Å². The van der Waals surface area contributed by atoms with Crippen molar-refractivity contribution in [2.45, 2.75) is 58.3 Å². The number of rotatable bonds is 7. The Morgan fingerprint density at radius 3 is 2.50 bits per heavy atom. The zero-order valence-corrected chi connectivity index (χ0v) is 20.8. The molecule has 0 aliphatic carbocycles. The van der Waals surface area contributed by atoms with Gasteiger partial charge in [0.15, 0.2) is 0 Å². The molecule has 0 spiro atoms. The largest absolute Gasteiger partial charge is 0.469 e. The SMILES string of the molecule is CCCC(C(=O)OC)c1c(C)nc(N2CCCC(c3ccccc3)C2)nc1-c1ccc(C)cc1. The summed E-state index contributed by atoms with van der Waals surface area (Å²) in [6.07, 6.45) is 3.85. The van der Waals surface area contributed by atoms with Gasteiger partial charge in [-0.2, -0.15) is 0 Å². The molecule has 0 saturated carbocycles. The monoisotopic (exact) mass is 457 g/mol. The van der Waals surface area contributed by atoms with Crippen LogP contribution in [0, 0.1) is 13.8 Å². The molecule has 5 nitrogen and oxygen atoms in total. The summed E-state index contributed by atoms with van der Waals surface area (Å²) in [6.45, 7) is 8.00. The van der Waals surface area contributed by atoms with E-state index in [1.54, 1.807) is 0 Å². The molecule has 1 aliphatic rings. The Morgan fingerprint density at radius 2 is 1.82 bits per heavy atom. The van der Waals surface area contributed by atoms with Gasteiger partial charge in [-0.3, -0.25) is 4.79 Å². The number of carbonyl (C=O) groups excluding carboxylic acids is 1. The van der Waals surface area contributed by atoms with Crippen LogP contribution in [0.1, 0.15) is 66.8 Å². The number of esters is 1. The summed E-state index contributed by atoms with van der Waals surface area (Å²) in [6, 6.07) is 19.1. The number of carbonyl (C=O) groups is 1. The third-order valence-corrected chi connectivity index (χ3v) is 6.84. The van der Waals surface area contributed by atoms with Gasteiger partial charge in [-0.1, -0.05) is 73.5 Å². The number of hydrogen-bond acceptors (Lipinski definition) is 5. The van der Waals surface area contributed by atoms with E-state index in [4.69, 9.17) is 14.7 Å². The van der Waals surface area contributed by atoms with Gasteiger partial charge in [0.05, 0.1) is 18.7 Å². The number of anilines is 1. The average Bonchev–Trinajstić information content (AvgIpc) is 2.88. The molecule has 0 radical (unpaired) electrons. The molecule has 2 aromatic carbocycles. The van der Waals surface area contributed by atoms with Gasteiger partial charge >= 0.3 is 5.97 Å². The number of nitrogens with zero attached hydrogens (tertiary/aromatic N) is 3. The maximum Gasteiger partial charge on any atom is 0.313 e. The predicted octanol–water partition coefficient (Wildman–Crippen LogP) is 6.20. The van der Waals surface area contributed by atoms with E-state index in [0.29, 0.717) is 12.3 Å². The van der Waals surface area contributed by atoms with E-state index in [2.05, 4.69) is 73.3 Å². The molecule has 1 aromatic heterocycles. The average molecular weight is 458 g/mol. The Labute approximate surface area is 203 Å². The molecule has 4 rings (SSSR count).